The molecular formula is C20H54Cu2N4O2+6. The Morgan fingerprint density at radius 1 is 0.321 bits per heavy atom. The van der Waals surface area contributed by atoms with Crippen LogP contribution in [-0.4, -0.2) is 98.1 Å². The summed E-state index contributed by atoms with van der Waals surface area (Å²) in [5.41, 5.74) is 0. The standard InChI is InChI=1S/2C10H24N2.2Cu.2H2O/c2*1-5-11(6-2)9-10-12(7-3)8-4;;;;/h2*5-10H2,1-4H3;;;2*1H2/q;;2*+2;;/p+2. The van der Waals surface area contributed by atoms with Crippen LogP contribution in [0.3, 0.4) is 0 Å². The molecule has 0 saturated carbocycles. The van der Waals surface area contributed by atoms with Gasteiger partial charge in [-0.25, -0.2) is 0 Å². The Bertz CT molecular complexity index is 192. The molecule has 6 nitrogen and oxygen atoms in total. The average Bonchev–Trinajstić information content (AvgIpc) is 2.63. The minimum atomic E-state index is 0. The number of hydrogen-bond donors (Lipinski definition) is 0. The van der Waals surface area contributed by atoms with Crippen LogP contribution in [0.15, 0.2) is 0 Å². The van der Waals surface area contributed by atoms with Crippen LogP contribution in [0.1, 0.15) is 55.4 Å². The molecule has 0 spiro atoms. The molecule has 0 bridgehead atoms. The van der Waals surface area contributed by atoms with E-state index in [9.17, 15) is 0 Å². The fourth-order valence-electron chi connectivity index (χ4n) is 2.73. The van der Waals surface area contributed by atoms with E-state index in [1.807, 2.05) is 0 Å². The van der Waals surface area contributed by atoms with Gasteiger partial charge >= 0.3 is 34.1 Å². The van der Waals surface area contributed by atoms with Gasteiger partial charge in [0.2, 0.25) is 0 Å². The summed E-state index contributed by atoms with van der Waals surface area (Å²) < 4.78 is 0. The van der Waals surface area contributed by atoms with Gasteiger partial charge in [-0.15, -0.1) is 0 Å². The molecule has 0 aliphatic heterocycles. The maximum absolute atomic E-state index is 2.47. The Morgan fingerprint density at radius 3 is 0.500 bits per heavy atom. The zero-order valence-electron chi connectivity index (χ0n) is 20.0. The summed E-state index contributed by atoms with van der Waals surface area (Å²) in [5.74, 6) is 0. The van der Waals surface area contributed by atoms with Gasteiger partial charge in [-0.2, -0.15) is 0 Å². The Balaban J connectivity index is -0.0000000756. The molecule has 2 radical (unpaired) electrons. The van der Waals surface area contributed by atoms with E-state index in [2.05, 4.69) is 75.0 Å². The summed E-state index contributed by atoms with van der Waals surface area (Å²) in [6.07, 6.45) is 0. The third kappa shape index (κ3) is 24.8. The maximum atomic E-state index is 2.47. The Labute approximate surface area is 198 Å². The predicted molar refractivity (Wildman–Crippen MR) is 121 cm³/mol. The summed E-state index contributed by atoms with van der Waals surface area (Å²) >= 11 is 0. The molecular weight excluding hydrogens is 455 g/mol. The van der Waals surface area contributed by atoms with E-state index in [1.165, 1.54) is 78.5 Å². The van der Waals surface area contributed by atoms with Crippen molar-refractivity contribution < 1.29 is 45.1 Å². The van der Waals surface area contributed by atoms with Crippen LogP contribution < -0.4 is 0 Å². The molecule has 182 valence electrons. The molecule has 28 heavy (non-hydrogen) atoms. The molecule has 0 aromatic heterocycles. The van der Waals surface area contributed by atoms with Crippen molar-refractivity contribution in [3.8, 4) is 0 Å². The molecule has 6 N–H and O–H groups in total. The first-order valence-electron chi connectivity index (χ1n) is 10.5. The van der Waals surface area contributed by atoms with E-state index in [0.717, 1.165) is 0 Å². The quantitative estimate of drug-likeness (QED) is 0.263. The van der Waals surface area contributed by atoms with Gasteiger partial charge in [0, 0.05) is 26.2 Å². The summed E-state index contributed by atoms with van der Waals surface area (Å²) in [4.78, 5) is 9.88. The van der Waals surface area contributed by atoms with E-state index >= 15 is 0 Å². The van der Waals surface area contributed by atoms with Crippen molar-refractivity contribution in [2.75, 3.05) is 78.5 Å². The van der Waals surface area contributed by atoms with Gasteiger partial charge in [0.15, 0.2) is 0 Å². The average molecular weight is 510 g/mol. The summed E-state index contributed by atoms with van der Waals surface area (Å²) in [5, 5.41) is 0. The molecule has 0 aliphatic rings. The van der Waals surface area contributed by atoms with Crippen molar-refractivity contribution in [2.24, 2.45) is 0 Å². The maximum Gasteiger partial charge on any atom is 2.00 e. The van der Waals surface area contributed by atoms with Gasteiger partial charge in [0.05, 0.1) is 0 Å². The van der Waals surface area contributed by atoms with Crippen LogP contribution >= 0.6 is 0 Å². The predicted octanol–water partition coefficient (Wildman–Crippen LogP) is 1.49. The fourth-order valence-corrected chi connectivity index (χ4v) is 2.73. The van der Waals surface area contributed by atoms with Crippen LogP contribution in [-0.2, 0) is 45.1 Å². The van der Waals surface area contributed by atoms with Crippen LogP contribution in [0.4, 0.5) is 0 Å². The van der Waals surface area contributed by atoms with Gasteiger partial charge in [-0.1, -0.05) is 55.4 Å². The zero-order chi connectivity index (χ0) is 18.8. The third-order valence-corrected chi connectivity index (χ3v) is 5.04. The molecule has 0 aromatic rings. The second-order valence-corrected chi connectivity index (χ2v) is 6.11. The topological polar surface area (TPSA) is 79.0 Å². The molecule has 0 unspecified atom stereocenters. The monoisotopic (exact) mass is 508 g/mol. The third-order valence-electron chi connectivity index (χ3n) is 5.04. The van der Waals surface area contributed by atoms with E-state index in [0.29, 0.717) is 0 Å². The van der Waals surface area contributed by atoms with Gasteiger partial charge in [0.1, 0.15) is 0 Å². The van der Waals surface area contributed by atoms with E-state index in [1.54, 1.807) is 0 Å². The van der Waals surface area contributed by atoms with Gasteiger partial charge < -0.3 is 30.6 Å². The summed E-state index contributed by atoms with van der Waals surface area (Å²) in [6.45, 7) is 32.1. The fraction of sp³-hybridized carbons (Fsp3) is 1.00. The van der Waals surface area contributed by atoms with E-state index < -0.39 is 0 Å². The number of likely N-dealkylation sites (N-methyl/N-ethyl adjacent to an activating group) is 4. The Kier molecular flexibility index (Phi) is 49.6. The van der Waals surface area contributed by atoms with Crippen LogP contribution in [0.2, 0.25) is 0 Å². The first-order chi connectivity index (χ1) is 11.6. The molecule has 0 heterocycles. The minimum absolute atomic E-state index is 0. The molecule has 0 atom stereocenters. The number of hydrogen-bond acceptors (Lipinski definition) is 4. The molecule has 0 rings (SSSR count). The summed E-state index contributed by atoms with van der Waals surface area (Å²) in [7, 11) is 0. The second kappa shape index (κ2) is 32.5. The SMILES string of the molecule is CCN(CC)CCN(CC)CC.CCN(CC)CCN(CC)CC.[Cu+2].[Cu+2].[OH3+].[OH3+]. The van der Waals surface area contributed by atoms with Crippen molar-refractivity contribution in [1.82, 2.24) is 19.6 Å². The second-order valence-electron chi connectivity index (χ2n) is 6.11. The first kappa shape index (κ1) is 42.8. The Morgan fingerprint density at radius 2 is 0.429 bits per heavy atom. The molecule has 0 aliphatic carbocycles. The van der Waals surface area contributed by atoms with Gasteiger partial charge in [-0.05, 0) is 52.4 Å². The summed E-state index contributed by atoms with van der Waals surface area (Å²) in [6, 6.07) is 0. The molecule has 0 saturated heterocycles. The number of rotatable bonds is 14. The van der Waals surface area contributed by atoms with Crippen LogP contribution in [0.25, 0.3) is 0 Å². The van der Waals surface area contributed by atoms with Crippen LogP contribution in [0, 0.1) is 0 Å². The van der Waals surface area contributed by atoms with Crippen molar-refractivity contribution in [1.29, 1.82) is 0 Å². The minimum Gasteiger partial charge on any atom is -0.457 e. The largest absolute Gasteiger partial charge is 2.00 e. The number of nitrogens with zero attached hydrogens (tertiary/aromatic N) is 4. The first-order valence-corrected chi connectivity index (χ1v) is 10.5. The molecule has 8 heteroatoms. The van der Waals surface area contributed by atoms with Crippen molar-refractivity contribution in [3.05, 3.63) is 0 Å². The molecule has 0 fully saturated rings. The van der Waals surface area contributed by atoms with Crippen molar-refractivity contribution in [3.63, 3.8) is 0 Å². The zero-order valence-corrected chi connectivity index (χ0v) is 21.9. The van der Waals surface area contributed by atoms with Crippen molar-refractivity contribution in [2.45, 2.75) is 55.4 Å². The van der Waals surface area contributed by atoms with Gasteiger partial charge in [0.25, 0.3) is 0 Å². The normalized spacial score (nSPS) is 9.86. The Hall–Kier alpha value is 0.799. The van der Waals surface area contributed by atoms with Crippen LogP contribution in [0.5, 0.6) is 0 Å². The molecule has 0 aromatic carbocycles. The smallest absolute Gasteiger partial charge is 0.457 e. The van der Waals surface area contributed by atoms with Gasteiger partial charge in [-0.3, -0.25) is 0 Å². The molecule has 0 amide bonds. The van der Waals surface area contributed by atoms with Crippen molar-refractivity contribution >= 4 is 0 Å². The van der Waals surface area contributed by atoms with E-state index in [4.69, 9.17) is 0 Å². The van der Waals surface area contributed by atoms with E-state index in [-0.39, 0.29) is 45.1 Å².